The number of rotatable bonds is 5. The van der Waals surface area contributed by atoms with Crippen LogP contribution in [0.1, 0.15) is 91.4 Å². The van der Waals surface area contributed by atoms with Gasteiger partial charge in [0.05, 0.1) is 25.7 Å². The third-order valence-electron chi connectivity index (χ3n) is 13.2. The van der Waals surface area contributed by atoms with Crippen molar-refractivity contribution in [3.05, 3.63) is 12.7 Å². The number of nitrogens with zero attached hydrogens (tertiary/aromatic N) is 2. The smallest absolute Gasteiger partial charge is 0.303 e. The number of carbonyl (C=O) groups is 1. The Kier molecular flexibility index (Phi) is 6.85. The number of quaternary nitrogens is 1. The van der Waals surface area contributed by atoms with E-state index in [1.165, 1.54) is 90.4 Å². The monoisotopic (exact) mass is 513 g/mol. The molecule has 6 aliphatic rings. The highest BCUT2D eigenvalue weighted by molar-refractivity contribution is 5.66. The van der Waals surface area contributed by atoms with E-state index in [-0.39, 0.29) is 23.6 Å². The van der Waals surface area contributed by atoms with Crippen molar-refractivity contribution in [2.24, 2.45) is 34.5 Å². The van der Waals surface area contributed by atoms with Gasteiger partial charge in [-0.2, -0.15) is 0 Å². The predicted molar refractivity (Wildman–Crippen MR) is 147 cm³/mol. The van der Waals surface area contributed by atoms with Crippen LogP contribution in [0.2, 0.25) is 0 Å². The summed E-state index contributed by atoms with van der Waals surface area (Å²) >= 11 is 0. The van der Waals surface area contributed by atoms with Crippen molar-refractivity contribution in [1.29, 1.82) is 0 Å². The van der Waals surface area contributed by atoms with Crippen molar-refractivity contribution < 1.29 is 19.1 Å². The third-order valence-corrected chi connectivity index (χ3v) is 13.2. The zero-order chi connectivity index (χ0) is 26.0. The first-order valence-electron chi connectivity index (χ1n) is 15.8. The Morgan fingerprint density at radius 1 is 1.05 bits per heavy atom. The maximum absolute atomic E-state index is 12.5. The number of aliphatic hydroxyl groups excluding tert-OH is 1. The fraction of sp³-hybridized carbons (Fsp3) is 0.906. The van der Waals surface area contributed by atoms with E-state index < -0.39 is 0 Å². The molecule has 3 unspecified atom stereocenters. The molecule has 0 radical (unpaired) electrons. The van der Waals surface area contributed by atoms with Crippen LogP contribution in [0.15, 0.2) is 12.7 Å². The SMILES string of the molecule is C=CC[N+]1([C@H]2CC3C4CC[C@H]5C[C@H](O)[C@@H](N6CCCC6)C[C@]5(C)C4CC[C@]3(C)[C@@H]2OC(C)=O)CCCC1. The lowest BCUT2D eigenvalue weighted by atomic mass is 9.44. The molecule has 5 nitrogen and oxygen atoms in total. The largest absolute Gasteiger partial charge is 0.456 e. The van der Waals surface area contributed by atoms with Crippen LogP contribution >= 0.6 is 0 Å². The fourth-order valence-electron chi connectivity index (χ4n) is 11.5. The van der Waals surface area contributed by atoms with Gasteiger partial charge in [-0.05, 0) is 99.6 Å². The summed E-state index contributed by atoms with van der Waals surface area (Å²) < 4.78 is 7.45. The minimum Gasteiger partial charge on any atom is -0.456 e. The summed E-state index contributed by atoms with van der Waals surface area (Å²) in [6.07, 6.45) is 15.6. The maximum Gasteiger partial charge on any atom is 0.303 e. The highest BCUT2D eigenvalue weighted by Crippen LogP contribution is 2.67. The summed E-state index contributed by atoms with van der Waals surface area (Å²) in [5, 5.41) is 11.2. The molecule has 0 bridgehead atoms. The number of hydrogen-bond donors (Lipinski definition) is 1. The van der Waals surface area contributed by atoms with Gasteiger partial charge in [-0.15, -0.1) is 0 Å². The van der Waals surface area contributed by atoms with E-state index in [1.807, 2.05) is 0 Å². The van der Waals surface area contributed by atoms with E-state index in [4.69, 9.17) is 4.74 Å². The van der Waals surface area contributed by atoms with Crippen LogP contribution in [-0.2, 0) is 9.53 Å². The Balaban J connectivity index is 1.31. The standard InChI is InChI=1S/C32H53N2O3/c1-5-16-34(17-8-9-18-34)28-20-26-24-11-10-23-19-29(36)27(33-14-6-7-15-33)21-32(23,4)25(24)12-13-31(26,3)30(28)37-22(2)35/h5,23-30,36H,1,6-21H2,2-4H3/q+1/t23-,24?,25?,26?,27-,28-,29-,30+,31-,32-/m0/s1. The Hall–Kier alpha value is -0.910. The van der Waals surface area contributed by atoms with Crippen molar-refractivity contribution in [2.75, 3.05) is 32.7 Å². The van der Waals surface area contributed by atoms with E-state index >= 15 is 0 Å². The zero-order valence-electron chi connectivity index (χ0n) is 23.9. The molecule has 0 aromatic carbocycles. The fourth-order valence-corrected chi connectivity index (χ4v) is 11.5. The lowest BCUT2D eigenvalue weighted by Gasteiger charge is -2.62. The van der Waals surface area contributed by atoms with Gasteiger partial charge in [0.2, 0.25) is 0 Å². The molecule has 0 aromatic rings. The number of likely N-dealkylation sites (tertiary alicyclic amines) is 2. The molecular weight excluding hydrogens is 460 g/mol. The zero-order valence-corrected chi connectivity index (χ0v) is 23.9. The summed E-state index contributed by atoms with van der Waals surface area (Å²) in [5.74, 6) is 2.66. The second kappa shape index (κ2) is 9.63. The molecule has 0 spiro atoms. The summed E-state index contributed by atoms with van der Waals surface area (Å²) in [7, 11) is 0. The summed E-state index contributed by atoms with van der Waals surface area (Å²) in [6.45, 7) is 16.7. The molecule has 37 heavy (non-hydrogen) atoms. The van der Waals surface area contributed by atoms with Crippen molar-refractivity contribution in [1.82, 2.24) is 4.90 Å². The Morgan fingerprint density at radius 3 is 2.46 bits per heavy atom. The van der Waals surface area contributed by atoms with Gasteiger partial charge in [0, 0.05) is 37.6 Å². The number of aliphatic hydroxyl groups is 1. The molecule has 2 saturated heterocycles. The van der Waals surface area contributed by atoms with Gasteiger partial charge in [-0.25, -0.2) is 0 Å². The molecule has 208 valence electrons. The maximum atomic E-state index is 12.5. The van der Waals surface area contributed by atoms with Crippen LogP contribution in [0, 0.1) is 34.5 Å². The molecule has 10 atom stereocenters. The molecule has 6 fully saturated rings. The Labute approximate surface area is 225 Å². The second-order valence-electron chi connectivity index (χ2n) is 14.7. The molecule has 0 amide bonds. The first kappa shape index (κ1) is 26.3. The number of fused-ring (bicyclic) bond motifs is 5. The first-order valence-corrected chi connectivity index (χ1v) is 15.8. The van der Waals surface area contributed by atoms with Crippen molar-refractivity contribution >= 4 is 5.97 Å². The highest BCUT2D eigenvalue weighted by atomic mass is 16.5. The lowest BCUT2D eigenvalue weighted by Crippen LogP contribution is -2.60. The molecule has 4 saturated carbocycles. The molecule has 4 aliphatic carbocycles. The van der Waals surface area contributed by atoms with E-state index in [2.05, 4.69) is 31.4 Å². The van der Waals surface area contributed by atoms with E-state index in [0.717, 1.165) is 29.3 Å². The molecule has 5 heteroatoms. The number of ether oxygens (including phenoxy) is 1. The van der Waals surface area contributed by atoms with Crippen LogP contribution < -0.4 is 0 Å². The normalized spacial score (nSPS) is 49.2. The minimum absolute atomic E-state index is 0.0325. The Morgan fingerprint density at radius 2 is 1.78 bits per heavy atom. The van der Waals surface area contributed by atoms with Gasteiger partial charge in [0.25, 0.3) is 0 Å². The molecule has 1 N–H and O–H groups in total. The van der Waals surface area contributed by atoms with Gasteiger partial charge in [0.15, 0.2) is 6.10 Å². The van der Waals surface area contributed by atoms with Crippen LogP contribution in [0.5, 0.6) is 0 Å². The van der Waals surface area contributed by atoms with Crippen LogP contribution in [0.25, 0.3) is 0 Å². The van der Waals surface area contributed by atoms with Crippen LogP contribution in [-0.4, -0.2) is 77.5 Å². The van der Waals surface area contributed by atoms with Gasteiger partial charge in [-0.1, -0.05) is 20.4 Å². The lowest BCUT2D eigenvalue weighted by molar-refractivity contribution is -0.937. The summed E-state index contributed by atoms with van der Waals surface area (Å²) in [6, 6.07) is 0.765. The molecule has 6 rings (SSSR count). The van der Waals surface area contributed by atoms with E-state index in [0.29, 0.717) is 29.3 Å². The minimum atomic E-state index is -0.149. The quantitative estimate of drug-likeness (QED) is 0.313. The molecule has 2 heterocycles. The molecular formula is C32H53N2O3+. The summed E-state index contributed by atoms with van der Waals surface area (Å²) in [4.78, 5) is 15.1. The third kappa shape index (κ3) is 4.08. The van der Waals surface area contributed by atoms with Crippen molar-refractivity contribution in [2.45, 2.75) is 116 Å². The second-order valence-corrected chi connectivity index (χ2v) is 14.7. The molecule has 0 aromatic heterocycles. The number of esters is 1. The van der Waals surface area contributed by atoms with Crippen molar-refractivity contribution in [3.63, 3.8) is 0 Å². The molecule has 2 aliphatic heterocycles. The van der Waals surface area contributed by atoms with Gasteiger partial charge >= 0.3 is 5.97 Å². The number of hydrogen-bond acceptors (Lipinski definition) is 4. The summed E-state index contributed by atoms with van der Waals surface area (Å²) in [5.41, 5.74) is 0.408. The van der Waals surface area contributed by atoms with Gasteiger partial charge < -0.3 is 14.3 Å². The van der Waals surface area contributed by atoms with Crippen LogP contribution in [0.3, 0.4) is 0 Å². The van der Waals surface area contributed by atoms with Gasteiger partial charge in [-0.3, -0.25) is 9.69 Å². The van der Waals surface area contributed by atoms with Crippen LogP contribution in [0.4, 0.5) is 0 Å². The van der Waals surface area contributed by atoms with E-state index in [1.54, 1.807) is 6.92 Å². The number of carbonyl (C=O) groups excluding carboxylic acids is 1. The van der Waals surface area contributed by atoms with E-state index in [9.17, 15) is 9.90 Å². The Bertz CT molecular complexity index is 879. The average Bonchev–Trinajstić information content (AvgIpc) is 3.60. The van der Waals surface area contributed by atoms with Crippen molar-refractivity contribution in [3.8, 4) is 0 Å². The first-order chi connectivity index (χ1) is 17.7. The average molecular weight is 514 g/mol. The highest BCUT2D eigenvalue weighted by Gasteiger charge is 2.67. The topological polar surface area (TPSA) is 49.8 Å². The van der Waals surface area contributed by atoms with Gasteiger partial charge in [0.1, 0.15) is 6.04 Å². The predicted octanol–water partition coefficient (Wildman–Crippen LogP) is 5.17.